The van der Waals surface area contributed by atoms with Crippen LogP contribution in [0, 0.1) is 12.7 Å². The van der Waals surface area contributed by atoms with E-state index in [2.05, 4.69) is 0 Å². The average molecular weight is 368 g/mol. The number of carbonyl (C=O) groups is 1. The molecule has 0 aliphatic heterocycles. The minimum atomic E-state index is -0.454. The third-order valence-electron chi connectivity index (χ3n) is 5.10. The number of ether oxygens (including phenoxy) is 1. The second-order valence-corrected chi connectivity index (χ2v) is 6.76. The van der Waals surface area contributed by atoms with Gasteiger partial charge in [0.05, 0.1) is 18.3 Å². The van der Waals surface area contributed by atoms with Crippen molar-refractivity contribution in [1.29, 1.82) is 0 Å². The molecule has 0 fully saturated rings. The van der Waals surface area contributed by atoms with Crippen LogP contribution in [0.3, 0.4) is 0 Å². The zero-order valence-electron chi connectivity index (χ0n) is 15.6. The van der Waals surface area contributed by atoms with Crippen molar-refractivity contribution in [1.82, 2.24) is 9.78 Å². The van der Waals surface area contributed by atoms with Crippen LogP contribution in [-0.2, 0) is 17.6 Å². The fourth-order valence-electron chi connectivity index (χ4n) is 3.68. The molecule has 0 N–H and O–H groups in total. The molecule has 1 aliphatic rings. The molecular formula is C21H21FN2O3. The first-order chi connectivity index (χ1) is 13.0. The topological polar surface area (TPSA) is 57.3 Å². The highest BCUT2D eigenvalue weighted by atomic mass is 19.1. The van der Waals surface area contributed by atoms with Crippen molar-refractivity contribution in [2.75, 3.05) is 6.61 Å². The monoisotopic (exact) mass is 368 g/mol. The fraction of sp³-hybridized carbons (Fsp3) is 0.333. The summed E-state index contributed by atoms with van der Waals surface area (Å²) in [5.41, 5.74) is 4.07. The van der Waals surface area contributed by atoms with Crippen LogP contribution in [0.1, 0.15) is 52.9 Å². The largest absolute Gasteiger partial charge is 0.460 e. The third-order valence-corrected chi connectivity index (χ3v) is 5.10. The first-order valence-corrected chi connectivity index (χ1v) is 9.13. The molecule has 0 spiro atoms. The second kappa shape index (κ2) is 6.68. The Kier molecular flexibility index (Phi) is 4.34. The van der Waals surface area contributed by atoms with E-state index in [1.807, 2.05) is 26.1 Å². The van der Waals surface area contributed by atoms with Crippen molar-refractivity contribution in [3.05, 3.63) is 64.5 Å². The van der Waals surface area contributed by atoms with Crippen molar-refractivity contribution < 1.29 is 18.3 Å². The first kappa shape index (κ1) is 17.5. The molecule has 1 aliphatic carbocycles. The standard InChI is InChI=1S/C21H21FN2O3/c1-4-26-21(25)20-12(2)18-17(27-20)10-9-14-11-24(23-19(14)18)13(3)15-7-5-6-8-16(15)22/h5-8,11,13H,4,9-10H2,1-3H3/t13-/m1/s1. The summed E-state index contributed by atoms with van der Waals surface area (Å²) in [4.78, 5) is 12.1. The maximum atomic E-state index is 14.2. The highest BCUT2D eigenvalue weighted by Crippen LogP contribution is 2.39. The highest BCUT2D eigenvalue weighted by molar-refractivity contribution is 5.91. The van der Waals surface area contributed by atoms with Crippen molar-refractivity contribution >= 4 is 5.97 Å². The van der Waals surface area contributed by atoms with Crippen molar-refractivity contribution in [3.63, 3.8) is 0 Å². The Morgan fingerprint density at radius 2 is 2.15 bits per heavy atom. The van der Waals surface area contributed by atoms with Crippen molar-refractivity contribution in [3.8, 4) is 11.3 Å². The van der Waals surface area contributed by atoms with Crippen LogP contribution in [0.4, 0.5) is 4.39 Å². The molecule has 3 aromatic rings. The van der Waals surface area contributed by atoms with Crippen LogP contribution in [0.25, 0.3) is 11.3 Å². The number of benzene rings is 1. The van der Waals surface area contributed by atoms with E-state index in [9.17, 15) is 9.18 Å². The molecule has 1 atom stereocenters. The zero-order valence-corrected chi connectivity index (χ0v) is 15.6. The quantitative estimate of drug-likeness (QED) is 0.638. The Morgan fingerprint density at radius 1 is 1.37 bits per heavy atom. The molecule has 0 amide bonds. The number of furan rings is 1. The summed E-state index contributed by atoms with van der Waals surface area (Å²) in [5.74, 6) is 0.298. The number of aromatic nitrogens is 2. The SMILES string of the molecule is CCOC(=O)c1oc2c(c1C)-c1nn([C@H](C)c3ccccc3F)cc1CC2. The molecule has 2 aromatic heterocycles. The number of esters is 1. The van der Waals surface area contributed by atoms with Gasteiger partial charge in [-0.3, -0.25) is 4.68 Å². The Balaban J connectivity index is 1.75. The van der Waals surface area contributed by atoms with Gasteiger partial charge in [0.25, 0.3) is 0 Å². The molecule has 6 heteroatoms. The van der Waals surface area contributed by atoms with Gasteiger partial charge in [0.1, 0.15) is 11.6 Å². The first-order valence-electron chi connectivity index (χ1n) is 9.13. The summed E-state index contributed by atoms with van der Waals surface area (Å²) < 4.78 is 26.8. The van der Waals surface area contributed by atoms with Gasteiger partial charge in [-0.05, 0) is 38.8 Å². The lowest BCUT2D eigenvalue weighted by atomic mass is 9.94. The molecule has 2 heterocycles. The fourth-order valence-corrected chi connectivity index (χ4v) is 3.68. The number of aryl methyl sites for hydroxylation is 2. The van der Waals surface area contributed by atoms with E-state index in [0.29, 0.717) is 18.6 Å². The van der Waals surface area contributed by atoms with Gasteiger partial charge in [-0.25, -0.2) is 9.18 Å². The Bertz CT molecular complexity index is 1020. The number of carbonyl (C=O) groups excluding carboxylic acids is 1. The molecule has 0 saturated carbocycles. The number of hydrogen-bond donors (Lipinski definition) is 0. The van der Waals surface area contributed by atoms with Crippen LogP contribution in [-0.4, -0.2) is 22.4 Å². The highest BCUT2D eigenvalue weighted by Gasteiger charge is 2.31. The summed E-state index contributed by atoms with van der Waals surface area (Å²) in [7, 11) is 0. The van der Waals surface area contributed by atoms with Crippen LogP contribution >= 0.6 is 0 Å². The van der Waals surface area contributed by atoms with Gasteiger partial charge in [0.15, 0.2) is 0 Å². The van der Waals surface area contributed by atoms with E-state index in [0.717, 1.165) is 34.6 Å². The number of rotatable bonds is 4. The zero-order chi connectivity index (χ0) is 19.1. The van der Waals surface area contributed by atoms with Gasteiger partial charge in [-0.2, -0.15) is 5.10 Å². The van der Waals surface area contributed by atoms with E-state index in [1.165, 1.54) is 6.07 Å². The molecule has 0 saturated heterocycles. The number of nitrogens with zero attached hydrogens (tertiary/aromatic N) is 2. The Hall–Kier alpha value is -2.89. The van der Waals surface area contributed by atoms with Gasteiger partial charge in [0.2, 0.25) is 5.76 Å². The lowest BCUT2D eigenvalue weighted by Gasteiger charge is -2.13. The minimum Gasteiger partial charge on any atom is -0.460 e. The average Bonchev–Trinajstić information content (AvgIpc) is 3.23. The van der Waals surface area contributed by atoms with Gasteiger partial charge >= 0.3 is 5.97 Å². The maximum Gasteiger partial charge on any atom is 0.374 e. The second-order valence-electron chi connectivity index (χ2n) is 6.76. The third kappa shape index (κ3) is 2.85. The molecule has 140 valence electrons. The number of halogens is 1. The predicted octanol–water partition coefficient (Wildman–Crippen LogP) is 4.48. The molecule has 5 nitrogen and oxygen atoms in total. The van der Waals surface area contributed by atoms with Crippen molar-refractivity contribution in [2.24, 2.45) is 0 Å². The molecule has 0 radical (unpaired) electrons. The van der Waals surface area contributed by atoms with Crippen LogP contribution < -0.4 is 0 Å². The Labute approximate surface area is 156 Å². The van der Waals surface area contributed by atoms with Gasteiger partial charge in [0, 0.05) is 29.3 Å². The van der Waals surface area contributed by atoms with Gasteiger partial charge < -0.3 is 9.15 Å². The van der Waals surface area contributed by atoms with E-state index in [1.54, 1.807) is 23.7 Å². The smallest absolute Gasteiger partial charge is 0.374 e. The molecule has 0 bridgehead atoms. The van der Waals surface area contributed by atoms with Gasteiger partial charge in [-0.1, -0.05) is 18.2 Å². The van der Waals surface area contributed by atoms with E-state index >= 15 is 0 Å². The van der Waals surface area contributed by atoms with E-state index < -0.39 is 5.97 Å². The van der Waals surface area contributed by atoms with Crippen LogP contribution in [0.5, 0.6) is 0 Å². The van der Waals surface area contributed by atoms with Gasteiger partial charge in [-0.15, -0.1) is 0 Å². The summed E-state index contributed by atoms with van der Waals surface area (Å²) in [6.45, 7) is 5.83. The lowest BCUT2D eigenvalue weighted by Crippen LogP contribution is -2.09. The summed E-state index contributed by atoms with van der Waals surface area (Å²) in [6.07, 6.45) is 3.43. The Morgan fingerprint density at radius 3 is 2.89 bits per heavy atom. The van der Waals surface area contributed by atoms with Crippen LogP contribution in [0.2, 0.25) is 0 Å². The van der Waals surface area contributed by atoms with Crippen LogP contribution in [0.15, 0.2) is 34.9 Å². The molecule has 1 aromatic carbocycles. The number of fused-ring (bicyclic) bond motifs is 3. The molecular weight excluding hydrogens is 347 g/mol. The summed E-state index contributed by atoms with van der Waals surface area (Å²) in [6, 6.07) is 6.49. The normalized spacial score (nSPS) is 13.8. The molecule has 0 unspecified atom stereocenters. The minimum absolute atomic E-state index is 0.239. The molecule has 4 rings (SSSR count). The van der Waals surface area contributed by atoms with E-state index in [4.69, 9.17) is 14.3 Å². The summed E-state index contributed by atoms with van der Waals surface area (Å²) in [5, 5.41) is 4.73. The molecule has 27 heavy (non-hydrogen) atoms. The number of hydrogen-bond acceptors (Lipinski definition) is 4. The predicted molar refractivity (Wildman–Crippen MR) is 98.2 cm³/mol. The lowest BCUT2D eigenvalue weighted by molar-refractivity contribution is 0.0487. The maximum absolute atomic E-state index is 14.2. The van der Waals surface area contributed by atoms with E-state index in [-0.39, 0.29) is 17.6 Å². The van der Waals surface area contributed by atoms with Crippen molar-refractivity contribution in [2.45, 2.75) is 39.7 Å². The summed E-state index contributed by atoms with van der Waals surface area (Å²) >= 11 is 0.